The highest BCUT2D eigenvalue weighted by molar-refractivity contribution is 6.31. The number of piperazine rings is 1. The minimum Gasteiger partial charge on any atom is -0.496 e. The number of amides is 2. The van der Waals surface area contributed by atoms with E-state index in [2.05, 4.69) is 0 Å². The topological polar surface area (TPSA) is 76.2 Å². The fourth-order valence-corrected chi connectivity index (χ4v) is 2.58. The Morgan fingerprint density at radius 3 is 2.33 bits per heavy atom. The maximum atomic E-state index is 12.1. The van der Waals surface area contributed by atoms with E-state index in [1.807, 2.05) is 0 Å². The summed E-state index contributed by atoms with van der Waals surface area (Å²) in [6, 6.07) is 4.58. The molecule has 0 radical (unpaired) electrons. The molecule has 0 aliphatic carbocycles. The number of benzene rings is 1. The number of halogens is 1. The molecule has 0 atom stereocenters. The van der Waals surface area contributed by atoms with Crippen molar-refractivity contribution >= 4 is 29.4 Å². The zero-order chi connectivity index (χ0) is 17.7. The Kier molecular flexibility index (Phi) is 6.03. The van der Waals surface area contributed by atoms with Gasteiger partial charge in [-0.2, -0.15) is 0 Å². The molecule has 0 saturated carbocycles. The van der Waals surface area contributed by atoms with Crippen molar-refractivity contribution in [2.45, 2.75) is 6.92 Å². The van der Waals surface area contributed by atoms with E-state index in [-0.39, 0.29) is 24.0 Å². The predicted octanol–water partition coefficient (Wildman–Crippen LogP) is 1.20. The normalized spacial score (nSPS) is 14.3. The molecule has 0 spiro atoms. The van der Waals surface area contributed by atoms with Crippen LogP contribution >= 0.6 is 11.6 Å². The van der Waals surface area contributed by atoms with Crippen LogP contribution in [0.15, 0.2) is 18.2 Å². The van der Waals surface area contributed by atoms with Crippen molar-refractivity contribution in [2.75, 3.05) is 39.9 Å². The van der Waals surface area contributed by atoms with Crippen LogP contribution in [-0.4, -0.2) is 67.5 Å². The summed E-state index contributed by atoms with van der Waals surface area (Å²) < 4.78 is 10.2. The van der Waals surface area contributed by atoms with E-state index in [1.165, 1.54) is 20.1 Å². The van der Waals surface area contributed by atoms with E-state index in [1.54, 1.807) is 21.9 Å². The van der Waals surface area contributed by atoms with Crippen molar-refractivity contribution in [3.63, 3.8) is 0 Å². The van der Waals surface area contributed by atoms with E-state index < -0.39 is 5.97 Å². The van der Waals surface area contributed by atoms with Gasteiger partial charge in [-0.15, -0.1) is 0 Å². The van der Waals surface area contributed by atoms with Crippen LogP contribution in [0.5, 0.6) is 5.75 Å². The molecule has 0 N–H and O–H groups in total. The summed E-state index contributed by atoms with van der Waals surface area (Å²) in [5.74, 6) is -0.661. The Bertz CT molecular complexity index is 641. The highest BCUT2D eigenvalue weighted by Crippen LogP contribution is 2.23. The van der Waals surface area contributed by atoms with E-state index in [0.29, 0.717) is 37.0 Å². The molecule has 2 rings (SSSR count). The molecule has 1 fully saturated rings. The number of hydrogen-bond donors (Lipinski definition) is 0. The van der Waals surface area contributed by atoms with Gasteiger partial charge in [0, 0.05) is 38.1 Å². The van der Waals surface area contributed by atoms with Gasteiger partial charge in [0.25, 0.3) is 5.91 Å². The van der Waals surface area contributed by atoms with E-state index in [4.69, 9.17) is 21.1 Å². The maximum Gasteiger partial charge on any atom is 0.342 e. The van der Waals surface area contributed by atoms with Crippen LogP contribution in [0.2, 0.25) is 5.02 Å². The fourth-order valence-electron chi connectivity index (χ4n) is 2.41. The first-order valence-electron chi connectivity index (χ1n) is 7.46. The van der Waals surface area contributed by atoms with Crippen LogP contribution in [0.4, 0.5) is 0 Å². The standard InChI is InChI=1S/C16H19ClN2O5/c1-11(20)18-5-7-19(8-6-18)15(21)10-24-16(22)13-9-12(17)3-4-14(13)23-2/h3-4,9H,5-8,10H2,1-2H3. The molecule has 130 valence electrons. The molecule has 1 aromatic carbocycles. The maximum absolute atomic E-state index is 12.1. The van der Waals surface area contributed by atoms with Crippen LogP contribution in [0.3, 0.4) is 0 Å². The van der Waals surface area contributed by atoms with Gasteiger partial charge in [0.1, 0.15) is 11.3 Å². The molecule has 0 bridgehead atoms. The summed E-state index contributed by atoms with van der Waals surface area (Å²) in [4.78, 5) is 38.8. The summed E-state index contributed by atoms with van der Waals surface area (Å²) in [6.45, 7) is 2.95. The Labute approximate surface area is 145 Å². The van der Waals surface area contributed by atoms with E-state index >= 15 is 0 Å². The van der Waals surface area contributed by atoms with Crippen LogP contribution in [0.25, 0.3) is 0 Å². The lowest BCUT2D eigenvalue weighted by Crippen LogP contribution is -2.51. The first kappa shape index (κ1) is 18.1. The molecular formula is C16H19ClN2O5. The second-order valence-corrected chi connectivity index (χ2v) is 5.74. The largest absolute Gasteiger partial charge is 0.496 e. The fraction of sp³-hybridized carbons (Fsp3) is 0.438. The molecule has 1 saturated heterocycles. The lowest BCUT2D eigenvalue weighted by atomic mass is 10.2. The summed E-state index contributed by atoms with van der Waals surface area (Å²) in [6.07, 6.45) is 0. The molecule has 0 unspecified atom stereocenters. The molecular weight excluding hydrogens is 336 g/mol. The van der Waals surface area contributed by atoms with Gasteiger partial charge >= 0.3 is 5.97 Å². The first-order chi connectivity index (χ1) is 11.4. The third kappa shape index (κ3) is 4.38. The van der Waals surface area contributed by atoms with Crippen molar-refractivity contribution in [1.29, 1.82) is 0 Å². The molecule has 1 heterocycles. The average Bonchev–Trinajstić information content (AvgIpc) is 2.59. The number of rotatable bonds is 4. The summed E-state index contributed by atoms with van der Waals surface area (Å²) in [5.41, 5.74) is 0.166. The number of carbonyl (C=O) groups is 3. The van der Waals surface area contributed by atoms with Crippen LogP contribution < -0.4 is 4.74 Å². The third-order valence-corrected chi connectivity index (χ3v) is 4.02. The highest BCUT2D eigenvalue weighted by atomic mass is 35.5. The number of esters is 1. The van der Waals surface area contributed by atoms with Crippen LogP contribution in [0, 0.1) is 0 Å². The number of ether oxygens (including phenoxy) is 2. The number of nitrogens with zero attached hydrogens (tertiary/aromatic N) is 2. The van der Waals surface area contributed by atoms with Gasteiger partial charge in [0.15, 0.2) is 6.61 Å². The molecule has 8 heteroatoms. The number of methoxy groups -OCH3 is 1. The van der Waals surface area contributed by atoms with Crippen molar-refractivity contribution in [2.24, 2.45) is 0 Å². The zero-order valence-electron chi connectivity index (χ0n) is 13.6. The van der Waals surface area contributed by atoms with Crippen molar-refractivity contribution in [1.82, 2.24) is 9.80 Å². The van der Waals surface area contributed by atoms with Gasteiger partial charge < -0.3 is 19.3 Å². The Morgan fingerprint density at radius 1 is 1.12 bits per heavy atom. The molecule has 24 heavy (non-hydrogen) atoms. The number of hydrogen-bond acceptors (Lipinski definition) is 5. The molecule has 2 amide bonds. The third-order valence-electron chi connectivity index (χ3n) is 3.79. The van der Waals surface area contributed by atoms with Crippen molar-refractivity contribution in [3.8, 4) is 5.75 Å². The smallest absolute Gasteiger partial charge is 0.342 e. The van der Waals surface area contributed by atoms with Gasteiger partial charge in [-0.05, 0) is 18.2 Å². The van der Waals surface area contributed by atoms with Crippen molar-refractivity contribution < 1.29 is 23.9 Å². The second kappa shape index (κ2) is 8.01. The molecule has 0 aromatic heterocycles. The zero-order valence-corrected chi connectivity index (χ0v) is 14.3. The predicted molar refractivity (Wildman–Crippen MR) is 87.1 cm³/mol. The summed E-state index contributed by atoms with van der Waals surface area (Å²) in [7, 11) is 1.43. The van der Waals surface area contributed by atoms with Crippen LogP contribution in [-0.2, 0) is 14.3 Å². The van der Waals surface area contributed by atoms with Crippen molar-refractivity contribution in [3.05, 3.63) is 28.8 Å². The first-order valence-corrected chi connectivity index (χ1v) is 7.84. The summed E-state index contributed by atoms with van der Waals surface area (Å²) in [5, 5.41) is 0.370. The summed E-state index contributed by atoms with van der Waals surface area (Å²) >= 11 is 5.87. The number of carbonyl (C=O) groups excluding carboxylic acids is 3. The lowest BCUT2D eigenvalue weighted by Gasteiger charge is -2.34. The van der Waals surface area contributed by atoms with Gasteiger partial charge in [-0.25, -0.2) is 4.79 Å². The molecule has 1 aliphatic rings. The van der Waals surface area contributed by atoms with Gasteiger partial charge in [-0.3, -0.25) is 9.59 Å². The Hall–Kier alpha value is -2.28. The minimum absolute atomic E-state index is 0.0124. The molecule has 1 aliphatic heterocycles. The monoisotopic (exact) mass is 354 g/mol. The molecule has 1 aromatic rings. The van der Waals surface area contributed by atoms with E-state index in [0.717, 1.165) is 0 Å². The van der Waals surface area contributed by atoms with Gasteiger partial charge in [0.2, 0.25) is 5.91 Å². The Balaban J connectivity index is 1.89. The van der Waals surface area contributed by atoms with Gasteiger partial charge in [0.05, 0.1) is 7.11 Å². The Morgan fingerprint density at radius 2 is 1.75 bits per heavy atom. The SMILES string of the molecule is COc1ccc(Cl)cc1C(=O)OCC(=O)N1CCN(C(C)=O)CC1. The second-order valence-electron chi connectivity index (χ2n) is 5.31. The molecule has 7 nitrogen and oxygen atoms in total. The lowest BCUT2D eigenvalue weighted by molar-refractivity contribution is -0.140. The highest BCUT2D eigenvalue weighted by Gasteiger charge is 2.24. The van der Waals surface area contributed by atoms with Gasteiger partial charge in [-0.1, -0.05) is 11.6 Å². The quantitative estimate of drug-likeness (QED) is 0.759. The minimum atomic E-state index is -0.676. The average molecular weight is 355 g/mol. The van der Waals surface area contributed by atoms with E-state index in [9.17, 15) is 14.4 Å². The van der Waals surface area contributed by atoms with Crippen LogP contribution in [0.1, 0.15) is 17.3 Å².